The minimum atomic E-state index is -4.82. The van der Waals surface area contributed by atoms with Crippen LogP contribution in [0.15, 0.2) is 41.2 Å². The van der Waals surface area contributed by atoms with Crippen molar-refractivity contribution in [2.45, 2.75) is 19.8 Å². The molecule has 1 heterocycles. The summed E-state index contributed by atoms with van der Waals surface area (Å²) in [6.45, 7) is 1.53. The number of alkyl halides is 3. The van der Waals surface area contributed by atoms with Crippen molar-refractivity contribution in [3.05, 3.63) is 63.6 Å². The van der Waals surface area contributed by atoms with Crippen LogP contribution in [0.4, 0.5) is 13.2 Å². The van der Waals surface area contributed by atoms with Crippen LogP contribution in [0.25, 0.3) is 0 Å². The van der Waals surface area contributed by atoms with Gasteiger partial charge in [0.05, 0.1) is 0 Å². The van der Waals surface area contributed by atoms with Gasteiger partial charge in [0.1, 0.15) is 5.75 Å². The van der Waals surface area contributed by atoms with E-state index in [2.05, 4.69) is 9.72 Å². The van der Waals surface area contributed by atoms with Crippen LogP contribution in [-0.2, 0) is 6.54 Å². The number of aromatic amines is 1. The summed E-state index contributed by atoms with van der Waals surface area (Å²) in [5, 5.41) is 0. The van der Waals surface area contributed by atoms with Crippen molar-refractivity contribution in [3.63, 3.8) is 0 Å². The lowest BCUT2D eigenvalue weighted by molar-refractivity contribution is -0.274. The number of amides is 1. The maximum Gasteiger partial charge on any atom is 0.573 e. The van der Waals surface area contributed by atoms with Crippen molar-refractivity contribution in [1.82, 2.24) is 9.88 Å². The third-order valence-electron chi connectivity index (χ3n) is 3.18. The molecule has 24 heavy (non-hydrogen) atoms. The number of nitrogens with one attached hydrogen (secondary N) is 1. The molecule has 0 aliphatic heterocycles. The van der Waals surface area contributed by atoms with Gasteiger partial charge in [-0.05, 0) is 19.1 Å². The van der Waals surface area contributed by atoms with Crippen LogP contribution in [0.5, 0.6) is 5.75 Å². The van der Waals surface area contributed by atoms with Gasteiger partial charge < -0.3 is 14.6 Å². The number of halogens is 3. The van der Waals surface area contributed by atoms with E-state index in [1.54, 1.807) is 13.0 Å². The number of para-hydroxylation sites is 1. The predicted molar refractivity (Wildman–Crippen MR) is 80.7 cm³/mol. The Balaban J connectivity index is 2.22. The average Bonchev–Trinajstić information content (AvgIpc) is 2.46. The average molecular weight is 340 g/mol. The lowest BCUT2D eigenvalue weighted by atomic mass is 10.1. The van der Waals surface area contributed by atoms with E-state index in [1.807, 2.05) is 0 Å². The van der Waals surface area contributed by atoms with Crippen LogP contribution >= 0.6 is 0 Å². The van der Waals surface area contributed by atoms with Crippen molar-refractivity contribution < 1.29 is 22.7 Å². The molecule has 2 rings (SSSR count). The van der Waals surface area contributed by atoms with Gasteiger partial charge in [-0.2, -0.15) is 0 Å². The zero-order chi connectivity index (χ0) is 17.9. The van der Waals surface area contributed by atoms with Crippen molar-refractivity contribution in [3.8, 4) is 5.75 Å². The molecule has 0 atom stereocenters. The Morgan fingerprint density at radius 3 is 2.54 bits per heavy atom. The lowest BCUT2D eigenvalue weighted by Gasteiger charge is -2.20. The second-order valence-electron chi connectivity index (χ2n) is 5.23. The molecular formula is C16H15F3N2O3. The van der Waals surface area contributed by atoms with Gasteiger partial charge in [-0.3, -0.25) is 9.59 Å². The number of carbonyl (C=O) groups is 1. The highest BCUT2D eigenvalue weighted by atomic mass is 19.4. The fourth-order valence-electron chi connectivity index (χ4n) is 2.21. The summed E-state index contributed by atoms with van der Waals surface area (Å²) in [6.07, 6.45) is -4.82. The first kappa shape index (κ1) is 17.6. The maximum atomic E-state index is 12.4. The number of carbonyl (C=O) groups excluding carboxylic acids is 1. The molecule has 0 saturated carbocycles. The Hall–Kier alpha value is -2.77. The first-order chi connectivity index (χ1) is 11.2. The summed E-state index contributed by atoms with van der Waals surface area (Å²) in [4.78, 5) is 27.5. The molecule has 0 aliphatic rings. The van der Waals surface area contributed by atoms with Crippen molar-refractivity contribution in [1.29, 1.82) is 0 Å². The zero-order valence-electron chi connectivity index (χ0n) is 13.0. The Kier molecular flexibility index (Phi) is 4.96. The Morgan fingerprint density at radius 1 is 1.25 bits per heavy atom. The first-order valence-electron chi connectivity index (χ1n) is 6.96. The number of ether oxygens (including phenoxy) is 1. The molecule has 128 valence electrons. The number of hydrogen-bond acceptors (Lipinski definition) is 3. The first-order valence-corrected chi connectivity index (χ1v) is 6.96. The highest BCUT2D eigenvalue weighted by Gasteiger charge is 2.32. The molecule has 8 heteroatoms. The molecule has 0 radical (unpaired) electrons. The van der Waals surface area contributed by atoms with Crippen molar-refractivity contribution >= 4 is 5.91 Å². The molecule has 0 fully saturated rings. The summed E-state index contributed by atoms with van der Waals surface area (Å²) in [7, 11) is 1.43. The van der Waals surface area contributed by atoms with Gasteiger partial charge in [0.25, 0.3) is 5.91 Å². The van der Waals surface area contributed by atoms with Crippen LogP contribution in [-0.4, -0.2) is 29.2 Å². The van der Waals surface area contributed by atoms with E-state index in [4.69, 9.17) is 0 Å². The SMILES string of the molecule is Cc1cc(C(=O)N(C)Cc2ccccc2OC(F)(F)F)cc(=O)[nH]1. The molecule has 0 aliphatic carbocycles. The van der Waals surface area contributed by atoms with Gasteiger partial charge >= 0.3 is 6.36 Å². The second kappa shape index (κ2) is 6.77. The molecule has 1 N–H and O–H groups in total. The van der Waals surface area contributed by atoms with Crippen LogP contribution in [0.1, 0.15) is 21.6 Å². The Bertz CT molecular complexity index is 800. The summed E-state index contributed by atoms with van der Waals surface area (Å²) < 4.78 is 41.3. The normalized spacial score (nSPS) is 11.2. The van der Waals surface area contributed by atoms with Gasteiger partial charge in [-0.1, -0.05) is 18.2 Å². The topological polar surface area (TPSA) is 62.4 Å². The van der Waals surface area contributed by atoms with Crippen LogP contribution in [0, 0.1) is 6.92 Å². The van der Waals surface area contributed by atoms with Crippen molar-refractivity contribution in [2.24, 2.45) is 0 Å². The third kappa shape index (κ3) is 4.61. The molecule has 0 bridgehead atoms. The van der Waals surface area contributed by atoms with E-state index < -0.39 is 17.8 Å². The second-order valence-corrected chi connectivity index (χ2v) is 5.23. The molecule has 5 nitrogen and oxygen atoms in total. The maximum absolute atomic E-state index is 12.4. The van der Waals surface area contributed by atoms with Crippen LogP contribution in [0.2, 0.25) is 0 Å². The summed E-state index contributed by atoms with van der Waals surface area (Å²) >= 11 is 0. The number of nitrogens with zero attached hydrogens (tertiary/aromatic N) is 1. The zero-order valence-corrected chi connectivity index (χ0v) is 13.0. The molecule has 2 aromatic rings. The Labute approximate surface area is 135 Å². The minimum absolute atomic E-state index is 0.100. The Morgan fingerprint density at radius 2 is 1.92 bits per heavy atom. The number of H-pyrrole nitrogens is 1. The van der Waals surface area contributed by atoms with E-state index in [-0.39, 0.29) is 23.4 Å². The van der Waals surface area contributed by atoms with Gasteiger partial charge in [-0.15, -0.1) is 13.2 Å². The number of rotatable bonds is 4. The monoisotopic (exact) mass is 340 g/mol. The molecule has 1 aromatic carbocycles. The fourth-order valence-corrected chi connectivity index (χ4v) is 2.21. The minimum Gasteiger partial charge on any atom is -0.405 e. The molecule has 1 amide bonds. The third-order valence-corrected chi connectivity index (χ3v) is 3.18. The standard InChI is InChI=1S/C16H15F3N2O3/c1-10-7-12(8-14(22)20-10)15(23)21(2)9-11-5-3-4-6-13(11)24-16(17,18)19/h3-8H,9H2,1-2H3,(H,20,22). The summed E-state index contributed by atoms with van der Waals surface area (Å²) in [5.41, 5.74) is 0.452. The quantitative estimate of drug-likeness (QED) is 0.931. The summed E-state index contributed by atoms with van der Waals surface area (Å²) in [6, 6.07) is 8.22. The molecule has 0 spiro atoms. The van der Waals surface area contributed by atoms with Gasteiger partial charge in [0.2, 0.25) is 5.56 Å². The highest BCUT2D eigenvalue weighted by molar-refractivity contribution is 5.94. The van der Waals surface area contributed by atoms with E-state index in [0.29, 0.717) is 5.69 Å². The summed E-state index contributed by atoms with van der Waals surface area (Å²) in [5.74, 6) is -0.849. The number of aryl methyl sites for hydroxylation is 1. The smallest absolute Gasteiger partial charge is 0.405 e. The van der Waals surface area contributed by atoms with E-state index in [9.17, 15) is 22.8 Å². The van der Waals surface area contributed by atoms with Crippen LogP contribution < -0.4 is 10.3 Å². The van der Waals surface area contributed by atoms with Gasteiger partial charge in [0, 0.05) is 36.5 Å². The van der Waals surface area contributed by atoms with Gasteiger partial charge in [0.15, 0.2) is 0 Å². The van der Waals surface area contributed by atoms with Crippen LogP contribution in [0.3, 0.4) is 0 Å². The molecule has 0 unspecified atom stereocenters. The van der Waals surface area contributed by atoms with E-state index >= 15 is 0 Å². The largest absolute Gasteiger partial charge is 0.573 e. The lowest BCUT2D eigenvalue weighted by Crippen LogP contribution is -2.28. The number of benzene rings is 1. The molecule has 0 saturated heterocycles. The number of aromatic nitrogens is 1. The number of hydrogen-bond donors (Lipinski definition) is 1. The van der Waals surface area contributed by atoms with Crippen molar-refractivity contribution in [2.75, 3.05) is 7.05 Å². The highest BCUT2D eigenvalue weighted by Crippen LogP contribution is 2.27. The molecule has 1 aromatic heterocycles. The molecular weight excluding hydrogens is 325 g/mol. The van der Waals surface area contributed by atoms with E-state index in [0.717, 1.165) is 6.07 Å². The van der Waals surface area contributed by atoms with Gasteiger partial charge in [-0.25, -0.2) is 0 Å². The fraction of sp³-hybridized carbons (Fsp3) is 0.250. The predicted octanol–water partition coefficient (Wildman–Crippen LogP) is 2.85. The number of pyridine rings is 1. The van der Waals surface area contributed by atoms with E-state index in [1.165, 1.54) is 36.2 Å².